The van der Waals surface area contributed by atoms with Crippen molar-refractivity contribution < 1.29 is 16.8 Å². The molecule has 2 rings (SSSR count). The zero-order valence-corrected chi connectivity index (χ0v) is 21.5. The minimum absolute atomic E-state index is 0.0199. The van der Waals surface area contributed by atoms with Crippen molar-refractivity contribution in [2.24, 2.45) is 21.5 Å². The van der Waals surface area contributed by atoms with Crippen LogP contribution in [0.5, 0.6) is 0 Å². The first kappa shape index (κ1) is 27.6. The third-order valence-electron chi connectivity index (χ3n) is 3.85. The molecule has 0 spiro atoms. The topological polar surface area (TPSA) is 194 Å². The lowest BCUT2D eigenvalue weighted by molar-refractivity contribution is 0.585. The van der Waals surface area contributed by atoms with Gasteiger partial charge in [0, 0.05) is 37.0 Å². The van der Waals surface area contributed by atoms with Crippen LogP contribution < -0.4 is 26.2 Å². The summed E-state index contributed by atoms with van der Waals surface area (Å²) in [5.41, 5.74) is 11.5. The third kappa shape index (κ3) is 8.60. The fourth-order valence-corrected chi connectivity index (χ4v) is 6.10. The Kier molecular flexibility index (Phi) is 10.3. The number of thioether (sulfide) groups is 1. The minimum Gasteiger partial charge on any atom is -0.370 e. The highest BCUT2D eigenvalue weighted by Crippen LogP contribution is 2.21. The highest BCUT2D eigenvalue weighted by atomic mass is 32.2. The first-order valence-corrected chi connectivity index (χ1v) is 14.6. The molecule has 2 aromatic rings. The molecule has 0 amide bonds. The number of benzene rings is 1. The van der Waals surface area contributed by atoms with E-state index in [2.05, 4.69) is 36.3 Å². The molecule has 0 bridgehead atoms. The fraction of sp³-hybridized carbons (Fsp3) is 0.278. The number of guanidine groups is 2. The molecule has 1 aromatic carbocycles. The smallest absolute Gasteiger partial charge is 0.264 e. The van der Waals surface area contributed by atoms with Crippen molar-refractivity contribution in [1.82, 2.24) is 19.7 Å². The second-order valence-electron chi connectivity index (χ2n) is 6.43. The molecule has 34 heavy (non-hydrogen) atoms. The first-order chi connectivity index (χ1) is 16.1. The molecular formula is C18H26N8O4S4. The number of hydrogen-bond donors (Lipinski definition) is 5. The van der Waals surface area contributed by atoms with E-state index in [-0.39, 0.29) is 28.3 Å². The molecular weight excluding hydrogens is 521 g/mol. The number of aliphatic imine (C=N–C) groups is 2. The second kappa shape index (κ2) is 12.7. The van der Waals surface area contributed by atoms with Gasteiger partial charge in [0.1, 0.15) is 0 Å². The quantitative estimate of drug-likeness (QED) is 0.108. The number of rotatable bonds is 12. The predicted molar refractivity (Wildman–Crippen MR) is 137 cm³/mol. The summed E-state index contributed by atoms with van der Waals surface area (Å²) in [6, 6.07) is 5.02. The minimum atomic E-state index is -4.07. The average Bonchev–Trinajstić information content (AvgIpc) is 3.23. The summed E-state index contributed by atoms with van der Waals surface area (Å²) in [7, 11) is -6.52. The van der Waals surface area contributed by atoms with Crippen molar-refractivity contribution in [3.05, 3.63) is 48.0 Å². The summed E-state index contributed by atoms with van der Waals surface area (Å²) < 4.78 is 54.7. The van der Waals surface area contributed by atoms with Crippen LogP contribution in [0.15, 0.2) is 62.1 Å². The van der Waals surface area contributed by atoms with Crippen LogP contribution in [-0.4, -0.2) is 59.6 Å². The van der Waals surface area contributed by atoms with Crippen LogP contribution in [0.3, 0.4) is 0 Å². The molecule has 12 nitrogen and oxygen atoms in total. The van der Waals surface area contributed by atoms with Gasteiger partial charge in [-0.05, 0) is 18.2 Å². The van der Waals surface area contributed by atoms with E-state index in [1.807, 2.05) is 5.38 Å². The molecule has 7 N–H and O–H groups in total. The van der Waals surface area contributed by atoms with Crippen molar-refractivity contribution in [2.75, 3.05) is 25.9 Å². The van der Waals surface area contributed by atoms with Gasteiger partial charge in [-0.1, -0.05) is 12.1 Å². The highest BCUT2D eigenvalue weighted by Gasteiger charge is 2.20. The van der Waals surface area contributed by atoms with Crippen LogP contribution in [0.1, 0.15) is 5.69 Å². The van der Waals surface area contributed by atoms with Crippen LogP contribution in [0.25, 0.3) is 0 Å². The Balaban J connectivity index is 1.91. The number of nitrogens with zero attached hydrogens (tertiary/aromatic N) is 3. The van der Waals surface area contributed by atoms with Crippen molar-refractivity contribution >= 4 is 60.2 Å². The molecule has 1 heterocycles. The largest absolute Gasteiger partial charge is 0.370 e. The van der Waals surface area contributed by atoms with E-state index in [1.165, 1.54) is 42.7 Å². The summed E-state index contributed by atoms with van der Waals surface area (Å²) in [6.45, 7) is 3.89. The van der Waals surface area contributed by atoms with E-state index in [4.69, 9.17) is 11.5 Å². The average molecular weight is 547 g/mol. The van der Waals surface area contributed by atoms with E-state index >= 15 is 0 Å². The molecule has 0 aliphatic rings. The zero-order chi connectivity index (χ0) is 25.2. The number of nitrogens with two attached hydrogens (primary N) is 2. The van der Waals surface area contributed by atoms with E-state index in [0.717, 1.165) is 11.8 Å². The predicted octanol–water partition coefficient (Wildman–Crippen LogP) is 0.299. The van der Waals surface area contributed by atoms with E-state index in [1.54, 1.807) is 11.8 Å². The van der Waals surface area contributed by atoms with Gasteiger partial charge in [-0.2, -0.15) is 16.8 Å². The molecule has 0 atom stereocenters. The maximum atomic E-state index is 12.7. The Bertz CT molecular complexity index is 1250. The lowest BCUT2D eigenvalue weighted by atomic mass is 10.4. The van der Waals surface area contributed by atoms with Crippen LogP contribution in [-0.2, 0) is 25.8 Å². The maximum absolute atomic E-state index is 12.7. The normalized spacial score (nSPS) is 12.2. The van der Waals surface area contributed by atoms with Crippen LogP contribution in [0, 0.1) is 0 Å². The number of aromatic nitrogens is 1. The summed E-state index contributed by atoms with van der Waals surface area (Å²) in [5.74, 6) is 1.24. The van der Waals surface area contributed by atoms with Crippen LogP contribution >= 0.6 is 23.1 Å². The van der Waals surface area contributed by atoms with Gasteiger partial charge in [0.25, 0.3) is 10.0 Å². The number of hydrogen-bond acceptors (Lipinski definition) is 9. The van der Waals surface area contributed by atoms with Gasteiger partial charge in [0.05, 0.1) is 15.5 Å². The van der Waals surface area contributed by atoms with Crippen molar-refractivity contribution in [3.8, 4) is 0 Å². The SMILES string of the molecule is C=CCNS(=O)(=O)c1cccc(S(=O)(=O)NC(=NC)NCCSCc2csc(N=C(N)N)n2)c1. The number of sulfonamides is 2. The number of thiazole rings is 1. The molecule has 0 radical (unpaired) electrons. The van der Waals surface area contributed by atoms with Crippen molar-refractivity contribution in [2.45, 2.75) is 15.5 Å². The van der Waals surface area contributed by atoms with E-state index < -0.39 is 20.0 Å². The lowest BCUT2D eigenvalue weighted by Gasteiger charge is -2.13. The molecule has 0 unspecified atom stereocenters. The van der Waals surface area contributed by atoms with Gasteiger partial charge in [0.15, 0.2) is 5.96 Å². The summed E-state index contributed by atoms with van der Waals surface area (Å²) in [6.07, 6.45) is 1.38. The fourth-order valence-electron chi connectivity index (χ4n) is 2.35. The van der Waals surface area contributed by atoms with Gasteiger partial charge in [-0.25, -0.2) is 31.3 Å². The van der Waals surface area contributed by atoms with Gasteiger partial charge in [-0.3, -0.25) is 4.99 Å². The lowest BCUT2D eigenvalue weighted by Crippen LogP contribution is -2.41. The first-order valence-electron chi connectivity index (χ1n) is 9.63. The van der Waals surface area contributed by atoms with Gasteiger partial charge >= 0.3 is 0 Å². The standard InChI is InChI=1S/C18H26N8O4S4/c1-3-7-23-33(27,28)14-5-4-6-15(10-14)34(29,30)26-17(21-2)22-8-9-31-11-13-12-32-18(24-13)25-16(19)20/h3-6,10,12,23H,1,7-9,11H2,2H3,(H2,21,22,26)(H4,19,20,24,25). The van der Waals surface area contributed by atoms with Crippen LogP contribution in [0.4, 0.5) is 5.13 Å². The van der Waals surface area contributed by atoms with E-state index in [0.29, 0.717) is 23.2 Å². The molecule has 1 aromatic heterocycles. The Morgan fingerprint density at radius 3 is 2.59 bits per heavy atom. The maximum Gasteiger partial charge on any atom is 0.264 e. The highest BCUT2D eigenvalue weighted by molar-refractivity contribution is 7.98. The molecule has 16 heteroatoms. The molecule has 0 saturated carbocycles. The Morgan fingerprint density at radius 2 is 1.94 bits per heavy atom. The third-order valence-corrected chi connectivity index (χ3v) is 8.39. The summed E-state index contributed by atoms with van der Waals surface area (Å²) >= 11 is 2.91. The second-order valence-corrected chi connectivity index (χ2v) is 11.8. The molecule has 0 aliphatic heterocycles. The molecule has 0 saturated heterocycles. The van der Waals surface area contributed by atoms with Gasteiger partial charge in [-0.15, -0.1) is 17.9 Å². The Labute approximate surface area is 207 Å². The zero-order valence-electron chi connectivity index (χ0n) is 18.3. The summed E-state index contributed by atoms with van der Waals surface area (Å²) in [4.78, 5) is 11.7. The van der Waals surface area contributed by atoms with Gasteiger partial charge in [0.2, 0.25) is 21.1 Å². The number of nitrogens with one attached hydrogen (secondary N) is 3. The van der Waals surface area contributed by atoms with E-state index in [9.17, 15) is 16.8 Å². The molecule has 186 valence electrons. The van der Waals surface area contributed by atoms with Gasteiger partial charge < -0.3 is 16.8 Å². The van der Waals surface area contributed by atoms with Crippen LogP contribution in [0.2, 0.25) is 0 Å². The summed E-state index contributed by atoms with van der Waals surface area (Å²) in [5, 5.41) is 5.25. The molecule has 0 fully saturated rings. The monoisotopic (exact) mass is 546 g/mol. The Morgan fingerprint density at radius 1 is 1.24 bits per heavy atom. The van der Waals surface area contributed by atoms with Crippen molar-refractivity contribution in [1.29, 1.82) is 0 Å². The molecule has 0 aliphatic carbocycles. The Hall–Kier alpha value is -2.66. The van der Waals surface area contributed by atoms with Crippen molar-refractivity contribution in [3.63, 3.8) is 0 Å².